The van der Waals surface area contributed by atoms with Gasteiger partial charge in [-0.25, -0.2) is 0 Å². The summed E-state index contributed by atoms with van der Waals surface area (Å²) in [5.74, 6) is 0.0866. The number of carbonyl (C=O) groups excluding carboxylic acids is 1. The number of hydrogen-bond acceptors (Lipinski definition) is 2. The molecule has 2 aromatic rings. The molecule has 0 spiro atoms. The normalized spacial score (nSPS) is 10.4. The van der Waals surface area contributed by atoms with Crippen molar-refractivity contribution in [2.75, 3.05) is 6.54 Å². The Balaban J connectivity index is 2.18. The van der Waals surface area contributed by atoms with Crippen molar-refractivity contribution in [2.24, 2.45) is 5.73 Å². The molecule has 0 saturated heterocycles. The predicted molar refractivity (Wildman–Crippen MR) is 78.4 cm³/mol. The van der Waals surface area contributed by atoms with Gasteiger partial charge in [-0.3, -0.25) is 4.79 Å². The van der Waals surface area contributed by atoms with Crippen LogP contribution in [-0.4, -0.2) is 12.3 Å². The minimum atomic E-state index is 0.0866. The van der Waals surface area contributed by atoms with Gasteiger partial charge < -0.3 is 5.73 Å². The molecule has 98 valence electrons. The lowest BCUT2D eigenvalue weighted by Gasteiger charge is -2.06. The highest BCUT2D eigenvalue weighted by atomic mass is 16.1. The maximum atomic E-state index is 12.4. The summed E-state index contributed by atoms with van der Waals surface area (Å²) in [5, 5.41) is 0. The highest BCUT2D eigenvalue weighted by Gasteiger charge is 2.10. The molecule has 0 unspecified atom stereocenters. The molecule has 2 N–H and O–H groups in total. The van der Waals surface area contributed by atoms with E-state index < -0.39 is 0 Å². The fourth-order valence-electron chi connectivity index (χ4n) is 2.11. The van der Waals surface area contributed by atoms with E-state index in [2.05, 4.69) is 0 Å². The zero-order valence-electron chi connectivity index (χ0n) is 11.2. The highest BCUT2D eigenvalue weighted by molar-refractivity contribution is 6.09. The van der Waals surface area contributed by atoms with Crippen molar-refractivity contribution < 1.29 is 4.79 Å². The number of nitrogens with two attached hydrogens (primary N) is 1. The number of aryl methyl sites for hydroxylation is 2. The molecule has 0 aromatic heterocycles. The molecule has 0 radical (unpaired) electrons. The van der Waals surface area contributed by atoms with E-state index in [-0.39, 0.29) is 5.78 Å². The molecule has 2 nitrogen and oxygen atoms in total. The van der Waals surface area contributed by atoms with Crippen LogP contribution >= 0.6 is 0 Å². The third-order valence-corrected chi connectivity index (χ3v) is 3.28. The van der Waals surface area contributed by atoms with Gasteiger partial charge in [0.1, 0.15) is 0 Å². The van der Waals surface area contributed by atoms with Crippen molar-refractivity contribution >= 4 is 5.78 Å². The first-order chi connectivity index (χ1) is 9.22. The zero-order valence-corrected chi connectivity index (χ0v) is 11.2. The number of carbonyl (C=O) groups is 1. The molecule has 0 aliphatic carbocycles. The molecular formula is C17H19NO. The minimum absolute atomic E-state index is 0.0866. The van der Waals surface area contributed by atoms with Crippen LogP contribution < -0.4 is 5.73 Å². The molecule has 2 rings (SSSR count). The number of ketones is 1. The monoisotopic (exact) mass is 253 g/mol. The van der Waals surface area contributed by atoms with Gasteiger partial charge in [0, 0.05) is 11.1 Å². The average molecular weight is 253 g/mol. The second-order valence-corrected chi connectivity index (χ2v) is 4.73. The molecule has 0 saturated carbocycles. The van der Waals surface area contributed by atoms with Gasteiger partial charge in [-0.2, -0.15) is 0 Å². The topological polar surface area (TPSA) is 43.1 Å². The number of rotatable bonds is 5. The second kappa shape index (κ2) is 6.30. The molecule has 0 aliphatic heterocycles. The van der Waals surface area contributed by atoms with E-state index in [0.29, 0.717) is 6.54 Å². The van der Waals surface area contributed by atoms with Crippen LogP contribution in [0.5, 0.6) is 0 Å². The lowest BCUT2D eigenvalue weighted by molar-refractivity contribution is 0.103. The van der Waals surface area contributed by atoms with E-state index in [1.807, 2.05) is 55.5 Å². The van der Waals surface area contributed by atoms with E-state index in [1.54, 1.807) is 0 Å². The van der Waals surface area contributed by atoms with Gasteiger partial charge in [-0.15, -0.1) is 0 Å². The lowest BCUT2D eigenvalue weighted by atomic mass is 9.98. The van der Waals surface area contributed by atoms with Crippen LogP contribution in [0.15, 0.2) is 48.5 Å². The first-order valence-electron chi connectivity index (χ1n) is 6.61. The maximum absolute atomic E-state index is 12.4. The van der Waals surface area contributed by atoms with Crippen LogP contribution in [0.1, 0.15) is 33.5 Å². The van der Waals surface area contributed by atoms with Crippen molar-refractivity contribution in [3.05, 3.63) is 70.8 Å². The summed E-state index contributed by atoms with van der Waals surface area (Å²) in [6.45, 7) is 2.66. The Morgan fingerprint density at radius 3 is 2.37 bits per heavy atom. The van der Waals surface area contributed by atoms with Crippen LogP contribution in [0.25, 0.3) is 0 Å². The van der Waals surface area contributed by atoms with Gasteiger partial charge >= 0.3 is 0 Å². The predicted octanol–water partition coefficient (Wildman–Crippen LogP) is 3.12. The number of benzene rings is 2. The van der Waals surface area contributed by atoms with E-state index in [0.717, 1.165) is 29.5 Å². The van der Waals surface area contributed by atoms with Gasteiger partial charge in [0.05, 0.1) is 0 Å². The molecule has 19 heavy (non-hydrogen) atoms. The second-order valence-electron chi connectivity index (χ2n) is 4.73. The Morgan fingerprint density at radius 1 is 1.05 bits per heavy atom. The van der Waals surface area contributed by atoms with Gasteiger partial charge in [-0.1, -0.05) is 48.5 Å². The summed E-state index contributed by atoms with van der Waals surface area (Å²) in [7, 11) is 0. The van der Waals surface area contributed by atoms with Crippen molar-refractivity contribution in [1.29, 1.82) is 0 Å². The van der Waals surface area contributed by atoms with E-state index in [1.165, 1.54) is 5.56 Å². The molecule has 0 atom stereocenters. The summed E-state index contributed by atoms with van der Waals surface area (Å²) >= 11 is 0. The van der Waals surface area contributed by atoms with E-state index in [9.17, 15) is 4.79 Å². The van der Waals surface area contributed by atoms with Crippen LogP contribution in [0, 0.1) is 6.92 Å². The van der Waals surface area contributed by atoms with Crippen LogP contribution in [0.4, 0.5) is 0 Å². The van der Waals surface area contributed by atoms with Crippen LogP contribution in [-0.2, 0) is 6.42 Å². The molecule has 0 fully saturated rings. The summed E-state index contributed by atoms with van der Waals surface area (Å²) in [4.78, 5) is 12.4. The summed E-state index contributed by atoms with van der Waals surface area (Å²) in [6, 6.07) is 15.5. The standard InChI is InChI=1S/C17H19NO/c1-13-5-2-3-7-16(13)17(19)15-10-8-14(9-11-15)6-4-12-18/h2-3,5,7-11H,4,6,12,18H2,1H3. The van der Waals surface area contributed by atoms with Crippen molar-refractivity contribution in [1.82, 2.24) is 0 Å². The molecule has 2 heteroatoms. The van der Waals surface area contributed by atoms with Crippen molar-refractivity contribution in [3.8, 4) is 0 Å². The van der Waals surface area contributed by atoms with Crippen molar-refractivity contribution in [3.63, 3.8) is 0 Å². The summed E-state index contributed by atoms with van der Waals surface area (Å²) in [6.07, 6.45) is 1.94. The van der Waals surface area contributed by atoms with Crippen LogP contribution in [0.2, 0.25) is 0 Å². The van der Waals surface area contributed by atoms with E-state index in [4.69, 9.17) is 5.73 Å². The summed E-state index contributed by atoms with van der Waals surface area (Å²) in [5.41, 5.74) is 9.25. The van der Waals surface area contributed by atoms with Crippen molar-refractivity contribution in [2.45, 2.75) is 19.8 Å². The molecule has 2 aromatic carbocycles. The first-order valence-corrected chi connectivity index (χ1v) is 6.61. The molecule has 0 heterocycles. The van der Waals surface area contributed by atoms with Crippen LogP contribution in [0.3, 0.4) is 0 Å². The van der Waals surface area contributed by atoms with Gasteiger partial charge in [0.2, 0.25) is 0 Å². The lowest BCUT2D eigenvalue weighted by Crippen LogP contribution is -2.04. The Labute approximate surface area is 114 Å². The fourth-order valence-corrected chi connectivity index (χ4v) is 2.11. The SMILES string of the molecule is Cc1ccccc1C(=O)c1ccc(CCCN)cc1. The highest BCUT2D eigenvalue weighted by Crippen LogP contribution is 2.15. The molecule has 0 amide bonds. The summed E-state index contributed by atoms with van der Waals surface area (Å²) < 4.78 is 0. The third kappa shape index (κ3) is 3.30. The molecule has 0 bridgehead atoms. The molecular weight excluding hydrogens is 234 g/mol. The molecule has 0 aliphatic rings. The Kier molecular flexibility index (Phi) is 4.48. The zero-order chi connectivity index (χ0) is 13.7. The fraction of sp³-hybridized carbons (Fsp3) is 0.235. The smallest absolute Gasteiger partial charge is 0.193 e. The third-order valence-electron chi connectivity index (χ3n) is 3.28. The Bertz CT molecular complexity index is 558. The first kappa shape index (κ1) is 13.5. The van der Waals surface area contributed by atoms with Gasteiger partial charge in [0.15, 0.2) is 5.78 Å². The Hall–Kier alpha value is -1.93. The van der Waals surface area contributed by atoms with E-state index >= 15 is 0 Å². The maximum Gasteiger partial charge on any atom is 0.193 e. The average Bonchev–Trinajstić information content (AvgIpc) is 2.45. The quantitative estimate of drug-likeness (QED) is 0.832. The largest absolute Gasteiger partial charge is 0.330 e. The minimum Gasteiger partial charge on any atom is -0.330 e. The van der Waals surface area contributed by atoms with Gasteiger partial charge in [-0.05, 0) is 37.4 Å². The number of hydrogen-bond donors (Lipinski definition) is 1. The Morgan fingerprint density at radius 2 is 1.74 bits per heavy atom. The van der Waals surface area contributed by atoms with Gasteiger partial charge in [0.25, 0.3) is 0 Å².